The van der Waals surface area contributed by atoms with Crippen molar-refractivity contribution >= 4 is 5.97 Å². The standard InChI is InChI=1S/C8H10N2O2.Na/c1-8(2,7(11)12)6-3-4-9-5-10-6;/h3-5H,1-2H3,(H,11,12);/q;+1/p-1. The average Bonchev–Trinajstić information content (AvgIpc) is 2.06. The number of carboxylic acids is 1. The van der Waals surface area contributed by atoms with Gasteiger partial charge < -0.3 is 9.90 Å². The minimum atomic E-state index is -1.14. The molecule has 4 nitrogen and oxygen atoms in total. The van der Waals surface area contributed by atoms with E-state index in [1.54, 1.807) is 19.9 Å². The minimum absolute atomic E-state index is 0. The van der Waals surface area contributed by atoms with Crippen molar-refractivity contribution in [3.8, 4) is 0 Å². The first-order valence-electron chi connectivity index (χ1n) is 3.53. The topological polar surface area (TPSA) is 65.9 Å². The van der Waals surface area contributed by atoms with Gasteiger partial charge in [0.25, 0.3) is 0 Å². The fraction of sp³-hybridized carbons (Fsp3) is 0.375. The molecule has 0 saturated carbocycles. The van der Waals surface area contributed by atoms with E-state index >= 15 is 0 Å². The van der Waals surface area contributed by atoms with Gasteiger partial charge in [0.05, 0.1) is 11.7 Å². The van der Waals surface area contributed by atoms with Crippen molar-refractivity contribution in [1.29, 1.82) is 0 Å². The number of aliphatic carboxylic acids is 1. The number of carboxylic acid groups (broad SMARTS) is 1. The second-order valence-corrected chi connectivity index (χ2v) is 3.01. The maximum absolute atomic E-state index is 10.6. The van der Waals surface area contributed by atoms with Crippen molar-refractivity contribution in [2.24, 2.45) is 0 Å². The van der Waals surface area contributed by atoms with Gasteiger partial charge in [0.1, 0.15) is 6.33 Å². The van der Waals surface area contributed by atoms with E-state index in [0.29, 0.717) is 5.69 Å². The zero-order valence-corrected chi connectivity index (χ0v) is 9.94. The number of carbonyl (C=O) groups is 1. The predicted octanol–water partition coefficient (Wildman–Crippen LogP) is -3.49. The van der Waals surface area contributed by atoms with E-state index in [1.807, 2.05) is 0 Å². The van der Waals surface area contributed by atoms with Crippen LogP contribution in [0, 0.1) is 0 Å². The number of hydrogen-bond donors (Lipinski definition) is 0. The predicted molar refractivity (Wildman–Crippen MR) is 40.1 cm³/mol. The summed E-state index contributed by atoms with van der Waals surface area (Å²) < 4.78 is 0. The molecule has 0 spiro atoms. The van der Waals surface area contributed by atoms with Crippen LogP contribution in [0.3, 0.4) is 0 Å². The Morgan fingerprint density at radius 2 is 2.15 bits per heavy atom. The SMILES string of the molecule is CC(C)(C(=O)[O-])c1ccncn1.[Na+]. The number of aromatic nitrogens is 2. The number of nitrogens with zero attached hydrogens (tertiary/aromatic N) is 2. The van der Waals surface area contributed by atoms with Gasteiger partial charge in [0.2, 0.25) is 0 Å². The van der Waals surface area contributed by atoms with Gasteiger partial charge in [-0.3, -0.25) is 0 Å². The molecule has 1 heterocycles. The Balaban J connectivity index is 0.00000144. The van der Waals surface area contributed by atoms with Gasteiger partial charge in [0.15, 0.2) is 0 Å². The molecule has 0 radical (unpaired) electrons. The molecule has 0 atom stereocenters. The maximum atomic E-state index is 10.6. The Morgan fingerprint density at radius 3 is 2.54 bits per heavy atom. The zero-order valence-electron chi connectivity index (χ0n) is 7.94. The molecule has 0 N–H and O–H groups in total. The Morgan fingerprint density at radius 1 is 1.54 bits per heavy atom. The van der Waals surface area contributed by atoms with Crippen molar-refractivity contribution in [1.82, 2.24) is 9.97 Å². The molecular formula is C8H9N2NaO2. The van der Waals surface area contributed by atoms with Gasteiger partial charge in [-0.15, -0.1) is 0 Å². The second-order valence-electron chi connectivity index (χ2n) is 3.01. The van der Waals surface area contributed by atoms with E-state index in [2.05, 4.69) is 9.97 Å². The summed E-state index contributed by atoms with van der Waals surface area (Å²) >= 11 is 0. The van der Waals surface area contributed by atoms with Gasteiger partial charge in [-0.2, -0.15) is 0 Å². The van der Waals surface area contributed by atoms with Crippen LogP contribution in [-0.2, 0) is 10.2 Å². The van der Waals surface area contributed by atoms with Crippen LogP contribution in [0.1, 0.15) is 19.5 Å². The molecule has 1 aromatic rings. The van der Waals surface area contributed by atoms with Gasteiger partial charge in [-0.1, -0.05) is 0 Å². The molecule has 0 aliphatic carbocycles. The van der Waals surface area contributed by atoms with Crippen molar-refractivity contribution < 1.29 is 39.5 Å². The van der Waals surface area contributed by atoms with E-state index in [-0.39, 0.29) is 29.6 Å². The van der Waals surface area contributed by atoms with Crippen LogP contribution in [0.25, 0.3) is 0 Å². The first kappa shape index (κ1) is 12.6. The summed E-state index contributed by atoms with van der Waals surface area (Å²) in [6.07, 6.45) is 2.83. The van der Waals surface area contributed by atoms with Crippen LogP contribution in [0.5, 0.6) is 0 Å². The summed E-state index contributed by atoms with van der Waals surface area (Å²) in [5.41, 5.74) is -0.597. The zero-order chi connectivity index (χ0) is 9.19. The minimum Gasteiger partial charge on any atom is -0.549 e. The molecule has 1 aromatic heterocycles. The number of hydrogen-bond acceptors (Lipinski definition) is 4. The van der Waals surface area contributed by atoms with E-state index in [9.17, 15) is 9.90 Å². The quantitative estimate of drug-likeness (QED) is 0.452. The largest absolute Gasteiger partial charge is 1.00 e. The summed E-state index contributed by atoms with van der Waals surface area (Å²) in [5.74, 6) is -1.14. The van der Waals surface area contributed by atoms with Crippen molar-refractivity contribution in [2.45, 2.75) is 19.3 Å². The van der Waals surface area contributed by atoms with E-state index in [0.717, 1.165) is 0 Å². The van der Waals surface area contributed by atoms with Crippen LogP contribution < -0.4 is 34.7 Å². The fourth-order valence-corrected chi connectivity index (χ4v) is 0.765. The van der Waals surface area contributed by atoms with E-state index in [4.69, 9.17) is 0 Å². The smallest absolute Gasteiger partial charge is 0.549 e. The molecule has 13 heavy (non-hydrogen) atoms. The van der Waals surface area contributed by atoms with Crippen molar-refractivity contribution in [3.05, 3.63) is 24.3 Å². The summed E-state index contributed by atoms with van der Waals surface area (Å²) in [5, 5.41) is 10.6. The molecule has 0 aliphatic rings. The van der Waals surface area contributed by atoms with E-state index in [1.165, 1.54) is 12.5 Å². The van der Waals surface area contributed by atoms with Crippen LogP contribution in [0.15, 0.2) is 18.6 Å². The molecule has 0 unspecified atom stereocenters. The molecule has 0 saturated heterocycles. The molecule has 1 rings (SSSR count). The summed E-state index contributed by atoms with van der Waals surface area (Å²) in [6, 6.07) is 1.57. The molecular weight excluding hydrogens is 179 g/mol. The van der Waals surface area contributed by atoms with Gasteiger partial charge >= 0.3 is 29.6 Å². The second kappa shape index (κ2) is 4.69. The monoisotopic (exact) mass is 188 g/mol. The summed E-state index contributed by atoms with van der Waals surface area (Å²) in [7, 11) is 0. The first-order chi connectivity index (χ1) is 5.55. The van der Waals surface area contributed by atoms with Gasteiger partial charge in [-0.05, 0) is 19.9 Å². The van der Waals surface area contributed by atoms with Crippen LogP contribution in [-0.4, -0.2) is 15.9 Å². The van der Waals surface area contributed by atoms with Gasteiger partial charge in [0, 0.05) is 11.6 Å². The molecule has 5 heteroatoms. The molecule has 0 aromatic carbocycles. The van der Waals surface area contributed by atoms with Crippen LogP contribution in [0.2, 0.25) is 0 Å². The molecule has 0 aliphatic heterocycles. The molecule has 0 fully saturated rings. The van der Waals surface area contributed by atoms with E-state index < -0.39 is 11.4 Å². The third-order valence-electron chi connectivity index (χ3n) is 1.73. The Hall–Kier alpha value is -0.450. The third kappa shape index (κ3) is 2.76. The first-order valence-corrected chi connectivity index (χ1v) is 3.53. The maximum Gasteiger partial charge on any atom is 1.00 e. The van der Waals surface area contributed by atoms with Crippen LogP contribution >= 0.6 is 0 Å². The molecule has 0 bridgehead atoms. The number of rotatable bonds is 2. The van der Waals surface area contributed by atoms with Crippen molar-refractivity contribution in [3.63, 3.8) is 0 Å². The van der Waals surface area contributed by atoms with Crippen LogP contribution in [0.4, 0.5) is 0 Å². The fourth-order valence-electron chi connectivity index (χ4n) is 0.765. The summed E-state index contributed by atoms with van der Waals surface area (Å²) in [6.45, 7) is 3.09. The van der Waals surface area contributed by atoms with Crippen molar-refractivity contribution in [2.75, 3.05) is 0 Å². The molecule has 64 valence electrons. The normalized spacial score (nSPS) is 10.3. The van der Waals surface area contributed by atoms with Gasteiger partial charge in [-0.25, -0.2) is 9.97 Å². The number of carbonyl (C=O) groups excluding carboxylic acids is 1. The Bertz CT molecular complexity index is 287. The summed E-state index contributed by atoms with van der Waals surface area (Å²) in [4.78, 5) is 18.2. The average molecular weight is 188 g/mol. The third-order valence-corrected chi connectivity index (χ3v) is 1.73. The Kier molecular flexibility index (Phi) is 4.53. The molecule has 0 amide bonds. The Labute approximate surface area is 98.7 Å².